The molecule has 2 N–H and O–H groups in total. The van der Waals surface area contributed by atoms with Gasteiger partial charge in [0.05, 0.1) is 0 Å². The molecule has 1 aromatic rings. The maximum Gasteiger partial charge on any atom is 0.161 e. The third-order valence-electron chi connectivity index (χ3n) is 3.89. The molecule has 2 aliphatic heterocycles. The first-order chi connectivity index (χ1) is 9.33. The van der Waals surface area contributed by atoms with Crippen LogP contribution in [0.15, 0.2) is 12.1 Å². The molecule has 3 rings (SSSR count). The second-order valence-electron chi connectivity index (χ2n) is 5.32. The lowest BCUT2D eigenvalue weighted by Crippen LogP contribution is -2.32. The van der Waals surface area contributed by atoms with Gasteiger partial charge in [0.2, 0.25) is 0 Å². The zero-order chi connectivity index (χ0) is 13.1. The minimum Gasteiger partial charge on any atom is -0.486 e. The maximum absolute atomic E-state index is 5.64. The van der Waals surface area contributed by atoms with E-state index in [1.807, 2.05) is 0 Å². The van der Waals surface area contributed by atoms with Crippen molar-refractivity contribution in [3.63, 3.8) is 0 Å². The molecule has 2 heterocycles. The quantitative estimate of drug-likeness (QED) is 0.857. The molecule has 19 heavy (non-hydrogen) atoms. The summed E-state index contributed by atoms with van der Waals surface area (Å²) >= 11 is 0. The molecule has 0 aromatic heterocycles. The molecule has 0 bridgehead atoms. The lowest BCUT2D eigenvalue weighted by Gasteiger charge is -2.20. The van der Waals surface area contributed by atoms with Crippen molar-refractivity contribution in [1.82, 2.24) is 10.6 Å². The van der Waals surface area contributed by atoms with Crippen molar-refractivity contribution >= 4 is 0 Å². The second kappa shape index (κ2) is 5.80. The lowest BCUT2D eigenvalue weighted by molar-refractivity contribution is 0.171. The van der Waals surface area contributed by atoms with E-state index in [0.717, 1.165) is 37.6 Å². The van der Waals surface area contributed by atoms with Crippen LogP contribution in [0, 0.1) is 6.92 Å². The summed E-state index contributed by atoms with van der Waals surface area (Å²) in [5.41, 5.74) is 2.64. The highest BCUT2D eigenvalue weighted by atomic mass is 16.6. The summed E-state index contributed by atoms with van der Waals surface area (Å²) in [4.78, 5) is 0. The fourth-order valence-electron chi connectivity index (χ4n) is 2.74. The molecule has 0 aliphatic carbocycles. The summed E-state index contributed by atoms with van der Waals surface area (Å²) in [5, 5.41) is 6.98. The van der Waals surface area contributed by atoms with E-state index in [2.05, 4.69) is 29.7 Å². The third kappa shape index (κ3) is 3.01. The number of hydrogen-bond acceptors (Lipinski definition) is 4. The topological polar surface area (TPSA) is 42.5 Å². The van der Waals surface area contributed by atoms with Crippen molar-refractivity contribution < 1.29 is 9.47 Å². The van der Waals surface area contributed by atoms with E-state index in [-0.39, 0.29) is 0 Å². The van der Waals surface area contributed by atoms with Gasteiger partial charge in [0.25, 0.3) is 0 Å². The minimum atomic E-state index is 0.637. The average molecular weight is 262 g/mol. The highest BCUT2D eigenvalue weighted by molar-refractivity contribution is 5.47. The zero-order valence-electron chi connectivity index (χ0n) is 11.5. The Bertz CT molecular complexity index is 442. The van der Waals surface area contributed by atoms with Crippen LogP contribution in [0.5, 0.6) is 11.5 Å². The van der Waals surface area contributed by atoms with Crippen LogP contribution in [0.25, 0.3) is 0 Å². The fraction of sp³-hybridized carbons (Fsp3) is 0.600. The van der Waals surface area contributed by atoms with Gasteiger partial charge in [-0.05, 0) is 56.1 Å². The van der Waals surface area contributed by atoms with Gasteiger partial charge < -0.3 is 20.1 Å². The number of aryl methyl sites for hydroxylation is 1. The van der Waals surface area contributed by atoms with Crippen LogP contribution >= 0.6 is 0 Å². The van der Waals surface area contributed by atoms with Crippen LogP contribution in [0.4, 0.5) is 0 Å². The normalized spacial score (nSPS) is 21.6. The monoisotopic (exact) mass is 262 g/mol. The Labute approximate surface area is 114 Å². The van der Waals surface area contributed by atoms with Crippen LogP contribution in [0.3, 0.4) is 0 Å². The Morgan fingerprint density at radius 3 is 2.79 bits per heavy atom. The highest BCUT2D eigenvalue weighted by Gasteiger charge is 2.15. The summed E-state index contributed by atoms with van der Waals surface area (Å²) in [6.07, 6.45) is 2.28. The number of nitrogens with one attached hydrogen (secondary N) is 2. The van der Waals surface area contributed by atoms with E-state index in [1.54, 1.807) is 0 Å². The van der Waals surface area contributed by atoms with Crippen molar-refractivity contribution in [3.05, 3.63) is 23.3 Å². The van der Waals surface area contributed by atoms with Gasteiger partial charge in [0.15, 0.2) is 11.5 Å². The summed E-state index contributed by atoms with van der Waals surface area (Å²) in [6.45, 7) is 6.71. The van der Waals surface area contributed by atoms with Crippen molar-refractivity contribution in [2.75, 3.05) is 32.8 Å². The van der Waals surface area contributed by atoms with Crippen LogP contribution < -0.4 is 20.1 Å². The summed E-state index contributed by atoms with van der Waals surface area (Å²) in [7, 11) is 0. The van der Waals surface area contributed by atoms with E-state index in [4.69, 9.17) is 9.47 Å². The molecule has 0 saturated carbocycles. The van der Waals surface area contributed by atoms with Crippen LogP contribution in [-0.2, 0) is 6.42 Å². The minimum absolute atomic E-state index is 0.637. The van der Waals surface area contributed by atoms with Crippen LogP contribution in [0.2, 0.25) is 0 Å². The molecule has 2 aliphatic rings. The molecule has 4 heteroatoms. The average Bonchev–Trinajstić information content (AvgIpc) is 2.92. The summed E-state index contributed by atoms with van der Waals surface area (Å²) in [6, 6.07) is 4.87. The molecular formula is C15H22N2O2. The number of fused-ring (bicyclic) bond motifs is 1. The van der Waals surface area contributed by atoms with Gasteiger partial charge in [-0.1, -0.05) is 0 Å². The lowest BCUT2D eigenvalue weighted by atomic mass is 10.0. The Balaban J connectivity index is 1.60. The number of ether oxygens (including phenoxy) is 2. The molecule has 4 nitrogen and oxygen atoms in total. The van der Waals surface area contributed by atoms with Crippen LogP contribution in [-0.4, -0.2) is 38.9 Å². The van der Waals surface area contributed by atoms with E-state index >= 15 is 0 Å². The molecule has 1 fully saturated rings. The van der Waals surface area contributed by atoms with Gasteiger partial charge in [-0.25, -0.2) is 0 Å². The van der Waals surface area contributed by atoms with E-state index in [0.29, 0.717) is 19.3 Å². The Kier molecular flexibility index (Phi) is 3.89. The Hall–Kier alpha value is -1.26. The molecule has 0 radical (unpaired) electrons. The second-order valence-corrected chi connectivity index (χ2v) is 5.32. The SMILES string of the molecule is Cc1cc2c(cc1CCNC1CCNC1)OCCO2. The molecule has 1 atom stereocenters. The largest absolute Gasteiger partial charge is 0.486 e. The first-order valence-electron chi connectivity index (χ1n) is 7.16. The van der Waals surface area contributed by atoms with Crippen molar-refractivity contribution in [2.24, 2.45) is 0 Å². The maximum atomic E-state index is 5.64. The first-order valence-corrected chi connectivity index (χ1v) is 7.16. The number of benzene rings is 1. The highest BCUT2D eigenvalue weighted by Crippen LogP contribution is 2.33. The first kappa shape index (κ1) is 12.8. The van der Waals surface area contributed by atoms with Gasteiger partial charge in [-0.2, -0.15) is 0 Å². The fourth-order valence-corrected chi connectivity index (χ4v) is 2.74. The molecule has 1 saturated heterocycles. The molecule has 0 amide bonds. The number of rotatable bonds is 4. The van der Waals surface area contributed by atoms with Gasteiger partial charge >= 0.3 is 0 Å². The standard InChI is InChI=1S/C15H22N2O2/c1-11-8-14-15(19-7-6-18-14)9-12(11)2-5-17-13-3-4-16-10-13/h8-9,13,16-17H,2-7,10H2,1H3. The Morgan fingerprint density at radius 2 is 2.05 bits per heavy atom. The van der Waals surface area contributed by atoms with E-state index in [1.165, 1.54) is 17.5 Å². The van der Waals surface area contributed by atoms with Gasteiger partial charge in [0, 0.05) is 12.6 Å². The third-order valence-corrected chi connectivity index (χ3v) is 3.89. The van der Waals surface area contributed by atoms with E-state index < -0.39 is 0 Å². The van der Waals surface area contributed by atoms with Gasteiger partial charge in [0.1, 0.15) is 13.2 Å². The molecule has 0 spiro atoms. The zero-order valence-corrected chi connectivity index (χ0v) is 11.5. The van der Waals surface area contributed by atoms with Crippen molar-refractivity contribution in [3.8, 4) is 11.5 Å². The summed E-state index contributed by atoms with van der Waals surface area (Å²) in [5.74, 6) is 1.79. The predicted octanol–water partition coefficient (Wildman–Crippen LogP) is 1.26. The molecule has 104 valence electrons. The van der Waals surface area contributed by atoms with Crippen molar-refractivity contribution in [1.29, 1.82) is 0 Å². The van der Waals surface area contributed by atoms with Gasteiger partial charge in [-0.15, -0.1) is 0 Å². The smallest absolute Gasteiger partial charge is 0.161 e. The molecule has 1 aromatic carbocycles. The molecule has 1 unspecified atom stereocenters. The Morgan fingerprint density at radius 1 is 1.26 bits per heavy atom. The number of hydrogen-bond donors (Lipinski definition) is 2. The summed E-state index contributed by atoms with van der Waals surface area (Å²) < 4.78 is 11.2. The van der Waals surface area contributed by atoms with Gasteiger partial charge in [-0.3, -0.25) is 0 Å². The van der Waals surface area contributed by atoms with Crippen molar-refractivity contribution in [2.45, 2.75) is 25.8 Å². The van der Waals surface area contributed by atoms with Crippen LogP contribution in [0.1, 0.15) is 17.5 Å². The van der Waals surface area contributed by atoms with E-state index in [9.17, 15) is 0 Å². The predicted molar refractivity (Wildman–Crippen MR) is 75.2 cm³/mol. The molecular weight excluding hydrogens is 240 g/mol.